The minimum absolute atomic E-state index is 0.140. The molecule has 0 radical (unpaired) electrons. The van der Waals surface area contributed by atoms with Gasteiger partial charge in [-0.25, -0.2) is 4.79 Å². The third-order valence-corrected chi connectivity index (χ3v) is 4.29. The molecule has 2 aromatic rings. The Labute approximate surface area is 169 Å². The van der Waals surface area contributed by atoms with Crippen LogP contribution >= 0.6 is 0 Å². The normalized spacial score (nSPS) is 11.3. The minimum Gasteiger partial charge on any atom is -0.462 e. The smallest absolute Gasteiger partial charge is 0.339 e. The molecule has 8 nitrogen and oxygen atoms in total. The molecular formula is C21H23N3O5. The van der Waals surface area contributed by atoms with Crippen LogP contribution in [0, 0.1) is 25.2 Å². The van der Waals surface area contributed by atoms with Crippen molar-refractivity contribution >= 4 is 23.5 Å². The van der Waals surface area contributed by atoms with E-state index in [4.69, 9.17) is 14.7 Å². The molecule has 8 heteroatoms. The summed E-state index contributed by atoms with van der Waals surface area (Å²) in [5.74, 6) is -1.58. The fourth-order valence-electron chi connectivity index (χ4n) is 2.79. The fraction of sp³-hybridized carbons (Fsp3) is 0.333. The zero-order valence-electron chi connectivity index (χ0n) is 16.8. The van der Waals surface area contributed by atoms with Crippen molar-refractivity contribution in [1.82, 2.24) is 4.57 Å². The highest BCUT2D eigenvalue weighted by atomic mass is 16.5. The number of rotatable bonds is 7. The first-order chi connectivity index (χ1) is 13.8. The van der Waals surface area contributed by atoms with Gasteiger partial charge in [0, 0.05) is 17.1 Å². The first kappa shape index (κ1) is 21.7. The van der Waals surface area contributed by atoms with Crippen LogP contribution in [0.5, 0.6) is 0 Å². The van der Waals surface area contributed by atoms with Crippen molar-refractivity contribution in [2.45, 2.75) is 40.3 Å². The van der Waals surface area contributed by atoms with Gasteiger partial charge in [-0.2, -0.15) is 5.26 Å². The Kier molecular flexibility index (Phi) is 7.15. The third kappa shape index (κ3) is 5.45. The van der Waals surface area contributed by atoms with Crippen LogP contribution in [0.3, 0.4) is 0 Å². The first-order valence-corrected chi connectivity index (χ1v) is 9.11. The Balaban J connectivity index is 2.00. The molecule has 0 fully saturated rings. The molecule has 1 amide bonds. The summed E-state index contributed by atoms with van der Waals surface area (Å²) in [6.07, 6.45) is -1.03. The van der Waals surface area contributed by atoms with E-state index in [9.17, 15) is 14.4 Å². The lowest BCUT2D eigenvalue weighted by Crippen LogP contribution is -2.31. The maximum Gasteiger partial charge on any atom is 0.339 e. The summed E-state index contributed by atoms with van der Waals surface area (Å²) in [6.45, 7) is 6.78. The highest BCUT2D eigenvalue weighted by Crippen LogP contribution is 2.17. The van der Waals surface area contributed by atoms with Crippen LogP contribution in [0.1, 0.15) is 41.2 Å². The number of esters is 2. The monoisotopic (exact) mass is 397 g/mol. The van der Waals surface area contributed by atoms with Crippen molar-refractivity contribution in [2.75, 3.05) is 11.9 Å². The van der Waals surface area contributed by atoms with Gasteiger partial charge >= 0.3 is 11.9 Å². The van der Waals surface area contributed by atoms with Crippen LogP contribution in [0.2, 0.25) is 0 Å². The lowest BCUT2D eigenvalue weighted by Gasteiger charge is -2.15. The van der Waals surface area contributed by atoms with Gasteiger partial charge in [-0.05, 0) is 52.0 Å². The third-order valence-electron chi connectivity index (χ3n) is 4.29. The highest BCUT2D eigenvalue weighted by molar-refractivity contribution is 5.95. The molecule has 29 heavy (non-hydrogen) atoms. The SMILES string of the molecule is CCOC(=O)c1cc(C)n(CC(=O)O[C@H](C)C(=O)Nc2cccc(C#N)c2)c1C. The lowest BCUT2D eigenvalue weighted by atomic mass is 10.2. The molecule has 1 atom stereocenters. The van der Waals surface area contributed by atoms with E-state index < -0.39 is 23.9 Å². The number of nitrogens with zero attached hydrogens (tertiary/aromatic N) is 2. The van der Waals surface area contributed by atoms with Crippen molar-refractivity contribution in [3.05, 3.63) is 52.8 Å². The number of aromatic nitrogens is 1. The molecule has 1 aromatic carbocycles. The summed E-state index contributed by atoms with van der Waals surface area (Å²) in [7, 11) is 0. The molecule has 0 bridgehead atoms. The van der Waals surface area contributed by atoms with E-state index >= 15 is 0 Å². The van der Waals surface area contributed by atoms with E-state index in [0.29, 0.717) is 28.2 Å². The van der Waals surface area contributed by atoms with Crippen LogP contribution in [0.25, 0.3) is 0 Å². The van der Waals surface area contributed by atoms with Gasteiger partial charge < -0.3 is 19.4 Å². The van der Waals surface area contributed by atoms with Crippen LogP contribution in [-0.2, 0) is 25.6 Å². The summed E-state index contributed by atoms with van der Waals surface area (Å²) in [6, 6.07) is 10.1. The van der Waals surface area contributed by atoms with Gasteiger partial charge in [0.2, 0.25) is 0 Å². The van der Waals surface area contributed by atoms with Gasteiger partial charge in [-0.1, -0.05) is 6.07 Å². The standard InChI is InChI=1S/C21H23N3O5/c1-5-28-21(27)18-9-13(2)24(14(18)3)12-19(25)29-15(4)20(26)23-17-8-6-7-16(10-17)11-22/h6-10,15H,5,12H2,1-4H3,(H,23,26)/t15-/m1/s1. The molecule has 152 valence electrons. The predicted octanol–water partition coefficient (Wildman–Crippen LogP) is 2.72. The summed E-state index contributed by atoms with van der Waals surface area (Å²) in [5.41, 5.74) is 2.52. The van der Waals surface area contributed by atoms with Crippen molar-refractivity contribution in [3.8, 4) is 6.07 Å². The molecule has 0 unspecified atom stereocenters. The molecule has 0 aliphatic heterocycles. The zero-order chi connectivity index (χ0) is 21.6. The van der Waals surface area contributed by atoms with E-state index in [1.807, 2.05) is 6.07 Å². The number of hydrogen-bond donors (Lipinski definition) is 1. The molecule has 1 aromatic heterocycles. The second-order valence-corrected chi connectivity index (χ2v) is 6.41. The molecule has 0 saturated heterocycles. The number of hydrogen-bond acceptors (Lipinski definition) is 6. The van der Waals surface area contributed by atoms with E-state index in [1.54, 1.807) is 49.6 Å². The van der Waals surface area contributed by atoms with Gasteiger partial charge in [0.1, 0.15) is 6.54 Å². The second kappa shape index (κ2) is 9.55. The van der Waals surface area contributed by atoms with Gasteiger partial charge in [-0.15, -0.1) is 0 Å². The minimum atomic E-state index is -1.03. The maximum atomic E-state index is 12.3. The number of carbonyl (C=O) groups is 3. The number of anilines is 1. The van der Waals surface area contributed by atoms with Crippen LogP contribution in [0.4, 0.5) is 5.69 Å². The average molecular weight is 397 g/mol. The van der Waals surface area contributed by atoms with Crippen molar-refractivity contribution < 1.29 is 23.9 Å². The molecule has 0 saturated carbocycles. The number of benzene rings is 1. The van der Waals surface area contributed by atoms with E-state index in [-0.39, 0.29) is 13.2 Å². The van der Waals surface area contributed by atoms with Crippen LogP contribution in [-0.4, -0.2) is 35.1 Å². The summed E-state index contributed by atoms with van der Waals surface area (Å²) < 4.78 is 11.9. The van der Waals surface area contributed by atoms with Crippen molar-refractivity contribution in [2.24, 2.45) is 0 Å². The maximum absolute atomic E-state index is 12.3. The number of aryl methyl sites for hydroxylation is 1. The Bertz CT molecular complexity index is 971. The van der Waals surface area contributed by atoms with Gasteiger partial charge in [0.25, 0.3) is 5.91 Å². The Morgan fingerprint density at radius 2 is 1.97 bits per heavy atom. The Hall–Kier alpha value is -3.60. The summed E-state index contributed by atoms with van der Waals surface area (Å²) in [5, 5.41) is 11.5. The van der Waals surface area contributed by atoms with Gasteiger partial charge in [-0.3, -0.25) is 9.59 Å². The number of carbonyl (C=O) groups excluding carboxylic acids is 3. The first-order valence-electron chi connectivity index (χ1n) is 9.11. The predicted molar refractivity (Wildman–Crippen MR) is 105 cm³/mol. The van der Waals surface area contributed by atoms with Crippen LogP contribution in [0.15, 0.2) is 30.3 Å². The highest BCUT2D eigenvalue weighted by Gasteiger charge is 2.21. The largest absolute Gasteiger partial charge is 0.462 e. The Morgan fingerprint density at radius 1 is 1.24 bits per heavy atom. The Morgan fingerprint density at radius 3 is 2.62 bits per heavy atom. The molecule has 0 aliphatic rings. The average Bonchev–Trinajstić information content (AvgIpc) is 2.96. The molecule has 0 spiro atoms. The van der Waals surface area contributed by atoms with Crippen molar-refractivity contribution in [3.63, 3.8) is 0 Å². The van der Waals surface area contributed by atoms with E-state index in [0.717, 1.165) is 0 Å². The number of nitrogens with one attached hydrogen (secondary N) is 1. The number of ether oxygens (including phenoxy) is 2. The summed E-state index contributed by atoms with van der Waals surface area (Å²) in [4.78, 5) is 36.5. The molecule has 2 rings (SSSR count). The fourth-order valence-corrected chi connectivity index (χ4v) is 2.79. The van der Waals surface area contributed by atoms with Crippen molar-refractivity contribution in [1.29, 1.82) is 5.26 Å². The molecule has 1 heterocycles. The second-order valence-electron chi connectivity index (χ2n) is 6.41. The quantitative estimate of drug-likeness (QED) is 0.719. The zero-order valence-corrected chi connectivity index (χ0v) is 16.8. The molecular weight excluding hydrogens is 374 g/mol. The lowest BCUT2D eigenvalue weighted by molar-refractivity contribution is -0.153. The topological polar surface area (TPSA) is 110 Å². The molecule has 0 aliphatic carbocycles. The van der Waals surface area contributed by atoms with E-state index in [1.165, 1.54) is 13.0 Å². The van der Waals surface area contributed by atoms with E-state index in [2.05, 4.69) is 5.32 Å². The van der Waals surface area contributed by atoms with Gasteiger partial charge in [0.15, 0.2) is 6.10 Å². The number of amides is 1. The van der Waals surface area contributed by atoms with Gasteiger partial charge in [0.05, 0.1) is 23.8 Å². The van der Waals surface area contributed by atoms with Crippen LogP contribution < -0.4 is 5.32 Å². The molecule has 1 N–H and O–H groups in total. The number of nitriles is 1. The summed E-state index contributed by atoms with van der Waals surface area (Å²) >= 11 is 0.